The summed E-state index contributed by atoms with van der Waals surface area (Å²) < 4.78 is 30.7. The molecule has 0 spiro atoms. The van der Waals surface area contributed by atoms with Crippen LogP contribution in [0.3, 0.4) is 0 Å². The van der Waals surface area contributed by atoms with Crippen LogP contribution in [0.25, 0.3) is 0 Å². The number of rotatable bonds is 3. The second-order valence-electron chi connectivity index (χ2n) is 3.94. The van der Waals surface area contributed by atoms with Gasteiger partial charge >= 0.3 is 6.09 Å². The van der Waals surface area contributed by atoms with E-state index in [1.807, 2.05) is 0 Å². The molecule has 0 aliphatic rings. The molecule has 0 saturated heterocycles. The third kappa shape index (κ3) is 3.44. The normalized spacial score (nSPS) is 9.95. The number of nitrogens with one attached hydrogen (secondary N) is 2. The first kappa shape index (κ1) is 13.8. The van der Waals surface area contributed by atoms with Crippen LogP contribution in [0.2, 0.25) is 0 Å². The maximum atomic E-state index is 13.5. The highest BCUT2D eigenvalue weighted by molar-refractivity contribution is 5.84. The summed E-state index contributed by atoms with van der Waals surface area (Å²) in [5.41, 5.74) is 1.31. The molecule has 4 nitrogen and oxygen atoms in total. The lowest BCUT2D eigenvalue weighted by atomic mass is 10.2. The average Bonchev–Trinajstić information content (AvgIpc) is 2.44. The molecule has 0 aliphatic carbocycles. The summed E-state index contributed by atoms with van der Waals surface area (Å²) >= 11 is 0. The van der Waals surface area contributed by atoms with Gasteiger partial charge in [0.1, 0.15) is 11.6 Å². The number of anilines is 3. The third-order valence-electron chi connectivity index (χ3n) is 2.53. The quantitative estimate of drug-likeness (QED) is 0.895. The minimum absolute atomic E-state index is 0.167. The van der Waals surface area contributed by atoms with Crippen LogP contribution in [-0.2, 0) is 4.74 Å². The second-order valence-corrected chi connectivity index (χ2v) is 3.94. The van der Waals surface area contributed by atoms with Gasteiger partial charge in [-0.3, -0.25) is 5.32 Å². The Morgan fingerprint density at radius 1 is 1.05 bits per heavy atom. The van der Waals surface area contributed by atoms with Crippen molar-refractivity contribution in [2.24, 2.45) is 0 Å². The summed E-state index contributed by atoms with van der Waals surface area (Å²) in [4.78, 5) is 11.0. The second kappa shape index (κ2) is 6.01. The number of carbonyl (C=O) groups excluding carboxylic acids is 1. The number of carbonyl (C=O) groups is 1. The van der Waals surface area contributed by atoms with Gasteiger partial charge in [-0.05, 0) is 36.4 Å². The highest BCUT2D eigenvalue weighted by Crippen LogP contribution is 2.22. The van der Waals surface area contributed by atoms with Gasteiger partial charge < -0.3 is 10.1 Å². The van der Waals surface area contributed by atoms with Crippen LogP contribution in [0, 0.1) is 11.6 Å². The van der Waals surface area contributed by atoms with Gasteiger partial charge in [0.15, 0.2) is 0 Å². The topological polar surface area (TPSA) is 50.4 Å². The first-order chi connectivity index (χ1) is 9.58. The zero-order chi connectivity index (χ0) is 14.5. The van der Waals surface area contributed by atoms with Gasteiger partial charge in [-0.2, -0.15) is 0 Å². The molecule has 0 heterocycles. The fraction of sp³-hybridized carbons (Fsp3) is 0.0714. The lowest BCUT2D eigenvalue weighted by Crippen LogP contribution is -2.10. The fourth-order valence-corrected chi connectivity index (χ4v) is 1.55. The highest BCUT2D eigenvalue weighted by Gasteiger charge is 2.04. The van der Waals surface area contributed by atoms with Crippen LogP contribution in [-0.4, -0.2) is 13.2 Å². The van der Waals surface area contributed by atoms with E-state index in [1.54, 1.807) is 24.3 Å². The first-order valence-electron chi connectivity index (χ1n) is 5.75. The molecule has 1 amide bonds. The molecule has 0 aromatic heterocycles. The maximum Gasteiger partial charge on any atom is 0.411 e. The van der Waals surface area contributed by atoms with Gasteiger partial charge in [0.2, 0.25) is 0 Å². The largest absolute Gasteiger partial charge is 0.453 e. The van der Waals surface area contributed by atoms with Crippen molar-refractivity contribution >= 4 is 23.2 Å². The van der Waals surface area contributed by atoms with Gasteiger partial charge in [-0.15, -0.1) is 0 Å². The van der Waals surface area contributed by atoms with Crippen molar-refractivity contribution in [3.63, 3.8) is 0 Å². The Kier molecular flexibility index (Phi) is 4.14. The van der Waals surface area contributed by atoms with Crippen molar-refractivity contribution in [2.75, 3.05) is 17.7 Å². The number of methoxy groups -OCH3 is 1. The zero-order valence-corrected chi connectivity index (χ0v) is 10.6. The van der Waals surface area contributed by atoms with E-state index in [4.69, 9.17) is 0 Å². The molecule has 2 N–H and O–H groups in total. The summed E-state index contributed by atoms with van der Waals surface area (Å²) in [7, 11) is 1.27. The molecule has 104 valence electrons. The Balaban J connectivity index is 2.08. The Labute approximate surface area is 114 Å². The van der Waals surface area contributed by atoms with Crippen molar-refractivity contribution in [3.8, 4) is 0 Å². The Morgan fingerprint density at radius 3 is 2.30 bits per heavy atom. The van der Waals surface area contributed by atoms with Crippen LogP contribution >= 0.6 is 0 Å². The lowest BCUT2D eigenvalue weighted by Gasteiger charge is -2.09. The molecule has 2 rings (SSSR count). The first-order valence-corrected chi connectivity index (χ1v) is 5.75. The van der Waals surface area contributed by atoms with Crippen molar-refractivity contribution in [1.29, 1.82) is 0 Å². The number of amides is 1. The molecule has 2 aromatic carbocycles. The predicted octanol–water partition coefficient (Wildman–Crippen LogP) is 3.89. The van der Waals surface area contributed by atoms with Gasteiger partial charge in [-0.1, -0.05) is 0 Å². The van der Waals surface area contributed by atoms with E-state index in [-0.39, 0.29) is 5.69 Å². The molecule has 2 aromatic rings. The molecule has 6 heteroatoms. The standard InChI is InChI=1S/C14H12F2N2O2/c1-20-14(19)18-11-5-3-10(4-6-11)17-13-7-2-9(15)8-12(13)16/h2-8,17H,1H3,(H,18,19). The lowest BCUT2D eigenvalue weighted by molar-refractivity contribution is 0.187. The van der Waals surface area contributed by atoms with Crippen LogP contribution in [0.5, 0.6) is 0 Å². The minimum Gasteiger partial charge on any atom is -0.453 e. The van der Waals surface area contributed by atoms with Crippen LogP contribution in [0.15, 0.2) is 42.5 Å². The van der Waals surface area contributed by atoms with Gasteiger partial charge in [-0.25, -0.2) is 13.6 Å². The molecule has 0 atom stereocenters. The van der Waals surface area contributed by atoms with Gasteiger partial charge in [0.25, 0.3) is 0 Å². The smallest absolute Gasteiger partial charge is 0.411 e. The monoisotopic (exact) mass is 278 g/mol. The van der Waals surface area contributed by atoms with E-state index in [0.29, 0.717) is 11.4 Å². The summed E-state index contributed by atoms with van der Waals surface area (Å²) in [6.07, 6.45) is -0.574. The molecule has 20 heavy (non-hydrogen) atoms. The molecule has 0 aliphatic heterocycles. The number of ether oxygens (including phenoxy) is 1. The van der Waals surface area contributed by atoms with Crippen LogP contribution < -0.4 is 10.6 Å². The van der Waals surface area contributed by atoms with E-state index in [2.05, 4.69) is 15.4 Å². The summed E-state index contributed by atoms with van der Waals surface area (Å²) in [5, 5.41) is 5.30. The average molecular weight is 278 g/mol. The third-order valence-corrected chi connectivity index (χ3v) is 2.53. The molecular weight excluding hydrogens is 266 g/mol. The van der Waals surface area contributed by atoms with Gasteiger partial charge in [0, 0.05) is 17.4 Å². The van der Waals surface area contributed by atoms with E-state index >= 15 is 0 Å². The summed E-state index contributed by atoms with van der Waals surface area (Å²) in [6, 6.07) is 9.82. The minimum atomic E-state index is -0.679. The molecule has 0 unspecified atom stereocenters. The van der Waals surface area contributed by atoms with Crippen molar-refractivity contribution in [2.45, 2.75) is 0 Å². The Morgan fingerprint density at radius 2 is 1.70 bits per heavy atom. The van der Waals surface area contributed by atoms with E-state index in [9.17, 15) is 13.6 Å². The van der Waals surface area contributed by atoms with Crippen molar-refractivity contribution in [3.05, 3.63) is 54.1 Å². The van der Waals surface area contributed by atoms with Crippen LogP contribution in [0.4, 0.5) is 30.6 Å². The molecule has 0 fully saturated rings. The number of hydrogen-bond acceptors (Lipinski definition) is 3. The maximum absolute atomic E-state index is 13.5. The number of halogens is 2. The fourth-order valence-electron chi connectivity index (χ4n) is 1.55. The number of hydrogen-bond donors (Lipinski definition) is 2. The van der Waals surface area contributed by atoms with E-state index in [0.717, 1.165) is 6.07 Å². The van der Waals surface area contributed by atoms with Crippen molar-refractivity contribution < 1.29 is 18.3 Å². The molecular formula is C14H12F2N2O2. The Bertz CT molecular complexity index is 615. The van der Waals surface area contributed by atoms with Crippen LogP contribution in [0.1, 0.15) is 0 Å². The van der Waals surface area contributed by atoms with Crippen molar-refractivity contribution in [1.82, 2.24) is 0 Å². The van der Waals surface area contributed by atoms with Gasteiger partial charge in [0.05, 0.1) is 12.8 Å². The van der Waals surface area contributed by atoms with E-state index in [1.165, 1.54) is 19.2 Å². The summed E-state index contributed by atoms with van der Waals surface area (Å²) in [5.74, 6) is -1.31. The predicted molar refractivity (Wildman–Crippen MR) is 72.1 cm³/mol. The molecule has 0 radical (unpaired) electrons. The summed E-state index contributed by atoms with van der Waals surface area (Å²) in [6.45, 7) is 0. The van der Waals surface area contributed by atoms with E-state index < -0.39 is 17.7 Å². The number of benzene rings is 2. The highest BCUT2D eigenvalue weighted by atomic mass is 19.1. The Hall–Kier alpha value is -2.63. The SMILES string of the molecule is COC(=O)Nc1ccc(Nc2ccc(F)cc2F)cc1. The molecule has 0 bridgehead atoms. The zero-order valence-electron chi connectivity index (χ0n) is 10.6. The molecule has 0 saturated carbocycles.